The number of nitrogens with one attached hydrogen (secondary N) is 1. The Balaban J connectivity index is 1.58. The van der Waals surface area contributed by atoms with E-state index in [2.05, 4.69) is 10.2 Å². The van der Waals surface area contributed by atoms with E-state index in [1.807, 2.05) is 0 Å². The zero-order chi connectivity index (χ0) is 13.7. The second-order valence-corrected chi connectivity index (χ2v) is 5.22. The van der Waals surface area contributed by atoms with Gasteiger partial charge in [0.2, 0.25) is 5.91 Å². The first-order valence-corrected chi connectivity index (χ1v) is 7.03. The minimum Gasteiger partial charge on any atom is -0.453 e. The third-order valence-corrected chi connectivity index (χ3v) is 4.01. The van der Waals surface area contributed by atoms with Crippen LogP contribution >= 0.6 is 0 Å². The zero-order valence-corrected chi connectivity index (χ0v) is 11.6. The van der Waals surface area contributed by atoms with E-state index in [0.29, 0.717) is 19.6 Å². The van der Waals surface area contributed by atoms with Crippen molar-refractivity contribution in [2.24, 2.45) is 5.92 Å². The molecule has 6 nitrogen and oxygen atoms in total. The van der Waals surface area contributed by atoms with Gasteiger partial charge < -0.3 is 15.0 Å². The summed E-state index contributed by atoms with van der Waals surface area (Å²) in [6.07, 6.45) is 3.03. The molecule has 108 valence electrons. The molecule has 19 heavy (non-hydrogen) atoms. The van der Waals surface area contributed by atoms with Crippen LogP contribution in [0, 0.1) is 5.92 Å². The Bertz CT molecular complexity index is 323. The van der Waals surface area contributed by atoms with E-state index in [9.17, 15) is 9.59 Å². The van der Waals surface area contributed by atoms with Crippen molar-refractivity contribution in [2.45, 2.75) is 19.3 Å². The molecule has 0 bridgehead atoms. The van der Waals surface area contributed by atoms with E-state index in [1.165, 1.54) is 13.5 Å². The molecule has 0 spiro atoms. The molecule has 2 rings (SSSR count). The fourth-order valence-corrected chi connectivity index (χ4v) is 2.44. The van der Waals surface area contributed by atoms with E-state index in [1.54, 1.807) is 4.90 Å². The Kier molecular flexibility index (Phi) is 5.01. The summed E-state index contributed by atoms with van der Waals surface area (Å²) in [7, 11) is 1.41. The fourth-order valence-electron chi connectivity index (χ4n) is 2.44. The zero-order valence-electron chi connectivity index (χ0n) is 11.6. The van der Waals surface area contributed by atoms with Gasteiger partial charge in [-0.05, 0) is 12.8 Å². The van der Waals surface area contributed by atoms with Gasteiger partial charge >= 0.3 is 6.09 Å². The minimum atomic E-state index is -0.252. The van der Waals surface area contributed by atoms with E-state index < -0.39 is 0 Å². The van der Waals surface area contributed by atoms with Gasteiger partial charge in [0.1, 0.15) is 0 Å². The van der Waals surface area contributed by atoms with Crippen LogP contribution in [0.25, 0.3) is 0 Å². The molecular formula is C13H23N3O3. The molecule has 0 radical (unpaired) electrons. The maximum atomic E-state index is 11.6. The third-order valence-electron chi connectivity index (χ3n) is 4.01. The number of piperazine rings is 1. The summed E-state index contributed by atoms with van der Waals surface area (Å²) in [5.74, 6) is 0.468. The average molecular weight is 269 g/mol. The van der Waals surface area contributed by atoms with E-state index in [0.717, 1.165) is 32.5 Å². The van der Waals surface area contributed by atoms with E-state index >= 15 is 0 Å². The number of nitrogens with zero attached hydrogens (tertiary/aromatic N) is 2. The summed E-state index contributed by atoms with van der Waals surface area (Å²) in [5.41, 5.74) is 0. The van der Waals surface area contributed by atoms with Crippen molar-refractivity contribution in [1.82, 2.24) is 15.1 Å². The molecule has 0 aromatic rings. The number of hydrogen-bond donors (Lipinski definition) is 1. The highest BCUT2D eigenvalue weighted by atomic mass is 16.5. The van der Waals surface area contributed by atoms with Gasteiger partial charge in [-0.15, -0.1) is 0 Å². The molecule has 2 amide bonds. The van der Waals surface area contributed by atoms with E-state index in [-0.39, 0.29) is 17.9 Å². The molecule has 2 fully saturated rings. The first kappa shape index (κ1) is 14.1. The van der Waals surface area contributed by atoms with Gasteiger partial charge in [-0.3, -0.25) is 9.69 Å². The molecule has 1 aliphatic carbocycles. The Hall–Kier alpha value is -1.30. The monoisotopic (exact) mass is 269 g/mol. The van der Waals surface area contributed by atoms with Crippen molar-refractivity contribution in [3.05, 3.63) is 0 Å². The molecule has 0 aromatic heterocycles. The van der Waals surface area contributed by atoms with Gasteiger partial charge in [0.05, 0.1) is 7.11 Å². The van der Waals surface area contributed by atoms with Crippen LogP contribution in [0.3, 0.4) is 0 Å². The normalized spacial score (nSPS) is 20.8. The van der Waals surface area contributed by atoms with Crippen molar-refractivity contribution in [2.75, 3.05) is 46.4 Å². The standard InChI is InChI=1S/C13H23N3O3/c1-19-13(18)16-9-7-15(8-10-16)6-5-14-12(17)11-3-2-4-11/h11H,2-10H2,1H3,(H,14,17). The van der Waals surface area contributed by atoms with Gasteiger partial charge in [-0.1, -0.05) is 6.42 Å². The van der Waals surface area contributed by atoms with Crippen LogP contribution < -0.4 is 5.32 Å². The quantitative estimate of drug-likeness (QED) is 0.796. The molecule has 0 unspecified atom stereocenters. The van der Waals surface area contributed by atoms with Crippen molar-refractivity contribution in [3.8, 4) is 0 Å². The first-order valence-electron chi connectivity index (χ1n) is 7.03. The van der Waals surface area contributed by atoms with Crippen molar-refractivity contribution in [1.29, 1.82) is 0 Å². The second-order valence-electron chi connectivity index (χ2n) is 5.22. The number of methoxy groups -OCH3 is 1. The number of hydrogen-bond acceptors (Lipinski definition) is 4. The summed E-state index contributed by atoms with van der Waals surface area (Å²) >= 11 is 0. The molecule has 0 atom stereocenters. The largest absolute Gasteiger partial charge is 0.453 e. The van der Waals surface area contributed by atoms with Crippen LogP contribution in [0.1, 0.15) is 19.3 Å². The van der Waals surface area contributed by atoms with Crippen LogP contribution in [0.5, 0.6) is 0 Å². The first-order chi connectivity index (χ1) is 9.20. The number of carbonyl (C=O) groups excluding carboxylic acids is 2. The van der Waals surface area contributed by atoms with Gasteiger partial charge in [-0.25, -0.2) is 4.79 Å². The van der Waals surface area contributed by atoms with Crippen LogP contribution in [-0.2, 0) is 9.53 Å². The van der Waals surface area contributed by atoms with Crippen molar-refractivity contribution >= 4 is 12.0 Å². The molecule has 1 N–H and O–H groups in total. The predicted octanol–water partition coefficient (Wildman–Crippen LogP) is 0.287. The smallest absolute Gasteiger partial charge is 0.409 e. The molecule has 1 heterocycles. The highest BCUT2D eigenvalue weighted by Gasteiger charge is 2.25. The molecule has 2 aliphatic rings. The summed E-state index contributed by atoms with van der Waals surface area (Å²) in [6.45, 7) is 4.64. The predicted molar refractivity (Wildman–Crippen MR) is 70.8 cm³/mol. The molecule has 1 saturated heterocycles. The fraction of sp³-hybridized carbons (Fsp3) is 0.846. The van der Waals surface area contributed by atoms with Gasteiger partial charge in [0.15, 0.2) is 0 Å². The lowest BCUT2D eigenvalue weighted by atomic mass is 9.85. The Morgan fingerprint density at radius 1 is 1.21 bits per heavy atom. The number of rotatable bonds is 4. The Morgan fingerprint density at radius 2 is 1.89 bits per heavy atom. The maximum absolute atomic E-state index is 11.6. The van der Waals surface area contributed by atoms with Gasteiger partial charge in [0.25, 0.3) is 0 Å². The van der Waals surface area contributed by atoms with Crippen LogP contribution in [-0.4, -0.2) is 68.2 Å². The SMILES string of the molecule is COC(=O)N1CCN(CCNC(=O)C2CCC2)CC1. The summed E-state index contributed by atoms with van der Waals surface area (Å²) in [5, 5.41) is 2.99. The number of amides is 2. The van der Waals surface area contributed by atoms with Crippen LogP contribution in [0.2, 0.25) is 0 Å². The molecule has 6 heteroatoms. The van der Waals surface area contributed by atoms with Crippen molar-refractivity contribution < 1.29 is 14.3 Å². The lowest BCUT2D eigenvalue weighted by molar-refractivity contribution is -0.127. The van der Waals surface area contributed by atoms with Crippen LogP contribution in [0.4, 0.5) is 4.79 Å². The lowest BCUT2D eigenvalue weighted by Crippen LogP contribution is -2.50. The molecule has 0 aromatic carbocycles. The third kappa shape index (κ3) is 3.83. The van der Waals surface area contributed by atoms with E-state index in [4.69, 9.17) is 4.74 Å². The average Bonchev–Trinajstić information content (AvgIpc) is 2.36. The Labute approximate surface area is 114 Å². The maximum Gasteiger partial charge on any atom is 0.409 e. The topological polar surface area (TPSA) is 61.9 Å². The highest BCUT2D eigenvalue weighted by Crippen LogP contribution is 2.25. The number of ether oxygens (including phenoxy) is 1. The summed E-state index contributed by atoms with van der Waals surface area (Å²) in [6, 6.07) is 0. The van der Waals surface area contributed by atoms with Gasteiger partial charge in [-0.2, -0.15) is 0 Å². The summed E-state index contributed by atoms with van der Waals surface area (Å²) < 4.78 is 4.69. The molecule has 1 aliphatic heterocycles. The van der Waals surface area contributed by atoms with Crippen molar-refractivity contribution in [3.63, 3.8) is 0 Å². The molecular weight excluding hydrogens is 246 g/mol. The summed E-state index contributed by atoms with van der Waals surface area (Å²) in [4.78, 5) is 26.9. The second kappa shape index (κ2) is 6.75. The Morgan fingerprint density at radius 3 is 2.42 bits per heavy atom. The minimum absolute atomic E-state index is 0.208. The van der Waals surface area contributed by atoms with Gasteiger partial charge in [0, 0.05) is 45.2 Å². The highest BCUT2D eigenvalue weighted by molar-refractivity contribution is 5.79. The van der Waals surface area contributed by atoms with Crippen LogP contribution in [0.15, 0.2) is 0 Å². The lowest BCUT2D eigenvalue weighted by Gasteiger charge is -2.34. The number of carbonyl (C=O) groups is 2. The molecule has 1 saturated carbocycles.